The summed E-state index contributed by atoms with van der Waals surface area (Å²) in [5.74, 6) is 0.962. The van der Waals surface area contributed by atoms with Gasteiger partial charge in [0.2, 0.25) is 0 Å². The van der Waals surface area contributed by atoms with Gasteiger partial charge in [0.25, 0.3) is 5.89 Å². The highest BCUT2D eigenvalue weighted by atomic mass is 35.5. The Morgan fingerprint density at radius 1 is 1.35 bits per heavy atom. The molecule has 0 fully saturated rings. The molecule has 0 bridgehead atoms. The quantitative estimate of drug-likeness (QED) is 0.887. The monoisotopic (exact) mass is 294 g/mol. The van der Waals surface area contributed by atoms with Crippen LogP contribution in [0, 0.1) is 0 Å². The second kappa shape index (κ2) is 6.83. The summed E-state index contributed by atoms with van der Waals surface area (Å²) in [6.07, 6.45) is 0. The Balaban J connectivity index is 2.12. The molecule has 0 amide bonds. The number of likely N-dealkylation sites (N-methyl/N-ethyl adjacent to an activating group) is 1. The molecule has 20 heavy (non-hydrogen) atoms. The van der Waals surface area contributed by atoms with Gasteiger partial charge in [0, 0.05) is 17.1 Å². The Morgan fingerprint density at radius 2 is 2.10 bits per heavy atom. The Bertz CT molecular complexity index is 554. The van der Waals surface area contributed by atoms with Crippen molar-refractivity contribution in [3.8, 4) is 11.5 Å². The predicted octanol–water partition coefficient (Wildman–Crippen LogP) is 2.73. The zero-order valence-electron chi connectivity index (χ0n) is 11.7. The topological polar surface area (TPSA) is 68.2 Å². The highest BCUT2D eigenvalue weighted by molar-refractivity contribution is 6.30. The first-order chi connectivity index (χ1) is 9.63. The average Bonchev–Trinajstić information content (AvgIpc) is 2.94. The number of nitrogens with zero attached hydrogens (tertiary/aromatic N) is 3. The van der Waals surface area contributed by atoms with Gasteiger partial charge in [-0.2, -0.15) is 4.98 Å². The first-order valence-electron chi connectivity index (χ1n) is 6.71. The summed E-state index contributed by atoms with van der Waals surface area (Å²) >= 11 is 5.95. The maximum atomic E-state index is 6.12. The molecule has 1 heterocycles. The lowest BCUT2D eigenvalue weighted by Crippen LogP contribution is -2.32. The van der Waals surface area contributed by atoms with E-state index in [9.17, 15) is 0 Å². The fourth-order valence-corrected chi connectivity index (χ4v) is 2.16. The van der Waals surface area contributed by atoms with E-state index in [1.165, 1.54) is 0 Å². The minimum absolute atomic E-state index is 0.258. The van der Waals surface area contributed by atoms with Crippen LogP contribution >= 0.6 is 11.6 Å². The number of hydrogen-bond donors (Lipinski definition) is 1. The van der Waals surface area contributed by atoms with Gasteiger partial charge in [0.1, 0.15) is 0 Å². The number of nitrogens with two attached hydrogens (primary N) is 1. The van der Waals surface area contributed by atoms with Gasteiger partial charge >= 0.3 is 0 Å². The lowest BCUT2D eigenvalue weighted by atomic mass is 10.2. The van der Waals surface area contributed by atoms with E-state index in [-0.39, 0.29) is 6.04 Å². The third-order valence-corrected chi connectivity index (χ3v) is 3.43. The number of benzene rings is 1. The molecule has 2 N–H and O–H groups in total. The van der Waals surface area contributed by atoms with Crippen molar-refractivity contribution in [1.29, 1.82) is 0 Å². The van der Waals surface area contributed by atoms with Crippen molar-refractivity contribution in [2.45, 2.75) is 19.9 Å². The molecule has 0 saturated carbocycles. The van der Waals surface area contributed by atoms with Crippen molar-refractivity contribution >= 4 is 11.6 Å². The summed E-state index contributed by atoms with van der Waals surface area (Å²) in [6.45, 7) is 6.81. The molecular weight excluding hydrogens is 276 g/mol. The van der Waals surface area contributed by atoms with Crippen LogP contribution in [0.25, 0.3) is 11.5 Å². The molecule has 0 saturated heterocycles. The second-order valence-electron chi connectivity index (χ2n) is 4.56. The third-order valence-electron chi connectivity index (χ3n) is 3.19. The number of hydrogen-bond acceptors (Lipinski definition) is 5. The van der Waals surface area contributed by atoms with Gasteiger partial charge in [-0.1, -0.05) is 36.7 Å². The van der Waals surface area contributed by atoms with Crippen LogP contribution in [0.3, 0.4) is 0 Å². The largest absolute Gasteiger partial charge is 0.334 e. The van der Waals surface area contributed by atoms with Gasteiger partial charge in [0.05, 0.1) is 6.04 Å². The average molecular weight is 295 g/mol. The van der Waals surface area contributed by atoms with Gasteiger partial charge < -0.3 is 15.2 Å². The summed E-state index contributed by atoms with van der Waals surface area (Å²) < 4.78 is 5.26. The first kappa shape index (κ1) is 15.0. The molecule has 5 nitrogen and oxygen atoms in total. The highest BCUT2D eigenvalue weighted by Crippen LogP contribution is 2.22. The van der Waals surface area contributed by atoms with Gasteiger partial charge in [-0.15, -0.1) is 0 Å². The molecule has 0 spiro atoms. The molecular formula is C14H19ClN4O. The van der Waals surface area contributed by atoms with Gasteiger partial charge in [-0.3, -0.25) is 0 Å². The first-order valence-corrected chi connectivity index (χ1v) is 7.09. The van der Waals surface area contributed by atoms with Crippen molar-refractivity contribution < 1.29 is 4.52 Å². The zero-order valence-corrected chi connectivity index (χ0v) is 12.5. The van der Waals surface area contributed by atoms with Crippen LogP contribution in [0.1, 0.15) is 25.7 Å². The van der Waals surface area contributed by atoms with E-state index in [2.05, 4.69) is 28.9 Å². The van der Waals surface area contributed by atoms with E-state index < -0.39 is 0 Å². The summed E-state index contributed by atoms with van der Waals surface area (Å²) in [7, 11) is 0. The summed E-state index contributed by atoms with van der Waals surface area (Å²) in [5, 5.41) is 4.60. The smallest absolute Gasteiger partial charge is 0.258 e. The van der Waals surface area contributed by atoms with Crippen LogP contribution in [-0.4, -0.2) is 34.7 Å². The molecule has 1 atom stereocenters. The minimum Gasteiger partial charge on any atom is -0.334 e. The van der Waals surface area contributed by atoms with Gasteiger partial charge in [-0.05, 0) is 31.3 Å². The van der Waals surface area contributed by atoms with Crippen molar-refractivity contribution in [3.05, 3.63) is 35.1 Å². The molecule has 108 valence electrons. The third kappa shape index (κ3) is 3.56. The predicted molar refractivity (Wildman–Crippen MR) is 79.5 cm³/mol. The van der Waals surface area contributed by atoms with Crippen LogP contribution in [0.15, 0.2) is 28.8 Å². The lowest BCUT2D eigenvalue weighted by molar-refractivity contribution is 0.278. The van der Waals surface area contributed by atoms with Crippen molar-refractivity contribution in [3.63, 3.8) is 0 Å². The molecule has 0 radical (unpaired) electrons. The van der Waals surface area contributed by atoms with E-state index in [4.69, 9.17) is 21.9 Å². The number of rotatable bonds is 6. The molecule has 0 aliphatic rings. The fourth-order valence-electron chi connectivity index (χ4n) is 1.97. The van der Waals surface area contributed by atoms with Crippen LogP contribution < -0.4 is 5.73 Å². The van der Waals surface area contributed by atoms with Gasteiger partial charge in [-0.25, -0.2) is 0 Å². The Morgan fingerprint density at radius 3 is 2.75 bits per heavy atom. The summed E-state index contributed by atoms with van der Waals surface area (Å²) in [6, 6.07) is 7.05. The highest BCUT2D eigenvalue weighted by Gasteiger charge is 2.17. The van der Waals surface area contributed by atoms with Gasteiger partial charge in [0.15, 0.2) is 5.82 Å². The molecule has 1 aromatic heterocycles. The molecule has 2 rings (SSSR count). The normalized spacial score (nSPS) is 12.8. The van der Waals surface area contributed by atoms with Crippen molar-refractivity contribution in [2.24, 2.45) is 5.73 Å². The van der Waals surface area contributed by atoms with Crippen LogP contribution in [0.2, 0.25) is 5.02 Å². The molecule has 0 aliphatic carbocycles. The van der Waals surface area contributed by atoms with Crippen molar-refractivity contribution in [1.82, 2.24) is 15.0 Å². The Kier molecular flexibility index (Phi) is 5.11. The van der Waals surface area contributed by atoms with E-state index in [0.717, 1.165) is 18.7 Å². The van der Waals surface area contributed by atoms with E-state index in [1.54, 1.807) is 12.1 Å². The lowest BCUT2D eigenvalue weighted by Gasteiger charge is -2.20. The standard InChI is InChI=1S/C14H19ClN4O/c1-3-19(4-2)9-12(16)13-17-14(20-18-13)10-6-5-7-11(15)8-10/h5-8,12H,3-4,9,16H2,1-2H3. The zero-order chi connectivity index (χ0) is 14.5. The number of aromatic nitrogens is 2. The number of halogens is 1. The van der Waals surface area contributed by atoms with E-state index in [1.807, 2.05) is 12.1 Å². The minimum atomic E-state index is -0.258. The molecule has 1 unspecified atom stereocenters. The van der Waals surface area contributed by atoms with E-state index in [0.29, 0.717) is 23.3 Å². The molecule has 0 aliphatic heterocycles. The Hall–Kier alpha value is -1.43. The molecule has 2 aromatic rings. The maximum absolute atomic E-state index is 6.12. The fraction of sp³-hybridized carbons (Fsp3) is 0.429. The summed E-state index contributed by atoms with van der Waals surface area (Å²) in [5.41, 5.74) is 6.91. The Labute approximate surface area is 123 Å². The van der Waals surface area contributed by atoms with E-state index >= 15 is 0 Å². The van der Waals surface area contributed by atoms with Crippen LogP contribution in [0.5, 0.6) is 0 Å². The molecule has 1 aromatic carbocycles. The second-order valence-corrected chi connectivity index (χ2v) is 5.00. The van der Waals surface area contributed by atoms with Crippen LogP contribution in [-0.2, 0) is 0 Å². The molecule has 6 heteroatoms. The van der Waals surface area contributed by atoms with Crippen LogP contribution in [0.4, 0.5) is 0 Å². The van der Waals surface area contributed by atoms with Crippen molar-refractivity contribution in [2.75, 3.05) is 19.6 Å². The summed E-state index contributed by atoms with van der Waals surface area (Å²) in [4.78, 5) is 6.58. The SMILES string of the molecule is CCN(CC)CC(N)c1noc(-c2cccc(Cl)c2)n1. The maximum Gasteiger partial charge on any atom is 0.258 e.